The van der Waals surface area contributed by atoms with Crippen LogP contribution in [0.4, 0.5) is 10.7 Å². The number of esters is 2. The lowest BCUT2D eigenvalue weighted by atomic mass is 10.1. The SMILES string of the molecule is CNS(=O)(=O)c1ccc(NC(=S)Nc2sc(C(=O)OC)c(C)c2C(=O)OC)cc1. The van der Waals surface area contributed by atoms with E-state index >= 15 is 0 Å². The van der Waals surface area contributed by atoms with Crippen molar-refractivity contribution in [2.24, 2.45) is 0 Å². The van der Waals surface area contributed by atoms with Gasteiger partial charge in [-0.1, -0.05) is 0 Å². The maximum atomic E-state index is 12.1. The summed E-state index contributed by atoms with van der Waals surface area (Å²) in [4.78, 5) is 24.4. The van der Waals surface area contributed by atoms with E-state index in [2.05, 4.69) is 15.4 Å². The van der Waals surface area contributed by atoms with Crippen molar-refractivity contribution in [3.63, 3.8) is 0 Å². The number of nitrogens with one attached hydrogen (secondary N) is 3. The van der Waals surface area contributed by atoms with Gasteiger partial charge in [0.2, 0.25) is 10.0 Å². The molecular weight excluding hydrogens is 438 g/mol. The number of sulfonamides is 1. The molecule has 0 atom stereocenters. The second kappa shape index (κ2) is 9.31. The molecule has 12 heteroatoms. The van der Waals surface area contributed by atoms with E-state index in [0.717, 1.165) is 11.3 Å². The number of anilines is 2. The average Bonchev–Trinajstić information content (AvgIpc) is 3.02. The predicted octanol–water partition coefficient (Wildman–Crippen LogP) is 2.35. The van der Waals surface area contributed by atoms with Crippen LogP contribution >= 0.6 is 23.6 Å². The van der Waals surface area contributed by atoms with Gasteiger partial charge in [0.1, 0.15) is 9.88 Å². The van der Waals surface area contributed by atoms with Crippen molar-refractivity contribution >= 4 is 61.3 Å². The first-order valence-corrected chi connectivity index (χ1v) is 10.8. The van der Waals surface area contributed by atoms with E-state index < -0.39 is 22.0 Å². The molecule has 0 aliphatic carbocycles. The first kappa shape index (κ1) is 22.7. The third-order valence-corrected chi connectivity index (χ3v) is 6.65. The second-order valence-corrected chi connectivity index (χ2v) is 8.87. The Labute approximate surface area is 177 Å². The van der Waals surface area contributed by atoms with Crippen molar-refractivity contribution in [1.29, 1.82) is 0 Å². The summed E-state index contributed by atoms with van der Waals surface area (Å²) in [5, 5.41) is 6.21. The molecule has 156 valence electrons. The zero-order valence-electron chi connectivity index (χ0n) is 16.0. The highest BCUT2D eigenvalue weighted by atomic mass is 32.2. The zero-order chi connectivity index (χ0) is 21.8. The van der Waals surface area contributed by atoms with E-state index in [1.165, 1.54) is 33.4 Å². The van der Waals surface area contributed by atoms with Crippen molar-refractivity contribution < 1.29 is 27.5 Å². The second-order valence-electron chi connectivity index (χ2n) is 5.55. The maximum Gasteiger partial charge on any atom is 0.348 e. The minimum Gasteiger partial charge on any atom is -0.465 e. The number of benzene rings is 1. The van der Waals surface area contributed by atoms with Crippen molar-refractivity contribution in [2.45, 2.75) is 11.8 Å². The van der Waals surface area contributed by atoms with E-state index in [9.17, 15) is 18.0 Å². The number of carbonyl (C=O) groups excluding carboxylic acids is 2. The van der Waals surface area contributed by atoms with Crippen LogP contribution in [0.2, 0.25) is 0 Å². The van der Waals surface area contributed by atoms with Crippen LogP contribution in [0.3, 0.4) is 0 Å². The van der Waals surface area contributed by atoms with Crippen LogP contribution in [-0.2, 0) is 19.5 Å². The zero-order valence-corrected chi connectivity index (χ0v) is 18.4. The minimum atomic E-state index is -3.54. The first-order chi connectivity index (χ1) is 13.6. The predicted molar refractivity (Wildman–Crippen MR) is 114 cm³/mol. The third-order valence-electron chi connectivity index (χ3n) is 3.83. The van der Waals surface area contributed by atoms with Crippen LogP contribution in [0.15, 0.2) is 29.2 Å². The Hall–Kier alpha value is -2.54. The molecule has 0 saturated carbocycles. The number of hydrogen-bond acceptors (Lipinski definition) is 8. The molecule has 0 unspecified atom stereocenters. The Morgan fingerprint density at radius 2 is 1.62 bits per heavy atom. The van der Waals surface area contributed by atoms with E-state index in [1.54, 1.807) is 19.1 Å². The van der Waals surface area contributed by atoms with E-state index in [0.29, 0.717) is 16.3 Å². The number of carbonyl (C=O) groups is 2. The summed E-state index contributed by atoms with van der Waals surface area (Å²) < 4.78 is 35.3. The summed E-state index contributed by atoms with van der Waals surface area (Å²) >= 11 is 6.27. The van der Waals surface area contributed by atoms with Gasteiger partial charge in [0.15, 0.2) is 5.11 Å². The third kappa shape index (κ3) is 5.09. The summed E-state index contributed by atoms with van der Waals surface area (Å²) in [5.74, 6) is -1.20. The smallest absolute Gasteiger partial charge is 0.348 e. The molecule has 0 fully saturated rings. The van der Waals surface area contributed by atoms with E-state index in [4.69, 9.17) is 21.7 Å². The fourth-order valence-electron chi connectivity index (χ4n) is 2.34. The quantitative estimate of drug-likeness (QED) is 0.443. The molecule has 1 aromatic carbocycles. The van der Waals surface area contributed by atoms with Gasteiger partial charge in [-0.2, -0.15) is 0 Å². The maximum absolute atomic E-state index is 12.1. The Bertz CT molecular complexity index is 1050. The van der Waals surface area contributed by atoms with Gasteiger partial charge in [-0.25, -0.2) is 22.7 Å². The van der Waals surface area contributed by atoms with Gasteiger partial charge in [-0.05, 0) is 56.0 Å². The van der Waals surface area contributed by atoms with Crippen LogP contribution < -0.4 is 15.4 Å². The molecule has 0 aliphatic rings. The molecule has 0 amide bonds. The number of hydrogen-bond donors (Lipinski definition) is 3. The Kier molecular flexibility index (Phi) is 7.30. The van der Waals surface area contributed by atoms with Crippen molar-refractivity contribution in [3.8, 4) is 0 Å². The average molecular weight is 458 g/mol. The van der Waals surface area contributed by atoms with Crippen LogP contribution in [-0.4, -0.2) is 46.7 Å². The molecule has 2 aromatic rings. The molecule has 0 radical (unpaired) electrons. The fourth-order valence-corrected chi connectivity index (χ4v) is 4.47. The largest absolute Gasteiger partial charge is 0.465 e. The Morgan fingerprint density at radius 1 is 1.03 bits per heavy atom. The number of thiophene rings is 1. The molecule has 3 N–H and O–H groups in total. The number of thiocarbonyl (C=S) groups is 1. The van der Waals surface area contributed by atoms with Gasteiger partial charge in [-0.15, -0.1) is 11.3 Å². The fraction of sp³-hybridized carbons (Fsp3) is 0.235. The summed E-state index contributed by atoms with van der Waals surface area (Å²) in [6, 6.07) is 5.92. The van der Waals surface area contributed by atoms with Crippen molar-refractivity contribution in [1.82, 2.24) is 4.72 Å². The van der Waals surface area contributed by atoms with Gasteiger partial charge < -0.3 is 20.1 Å². The van der Waals surface area contributed by atoms with Crippen molar-refractivity contribution in [3.05, 3.63) is 40.3 Å². The highest BCUT2D eigenvalue weighted by Crippen LogP contribution is 2.34. The van der Waals surface area contributed by atoms with Gasteiger partial charge >= 0.3 is 11.9 Å². The molecular formula is C17H19N3O6S3. The van der Waals surface area contributed by atoms with Crippen molar-refractivity contribution in [2.75, 3.05) is 31.9 Å². The summed E-state index contributed by atoms with van der Waals surface area (Å²) in [6.07, 6.45) is 0. The monoisotopic (exact) mass is 457 g/mol. The lowest BCUT2D eigenvalue weighted by Gasteiger charge is -2.11. The molecule has 2 rings (SSSR count). The highest BCUT2D eigenvalue weighted by molar-refractivity contribution is 7.89. The lowest BCUT2D eigenvalue weighted by Crippen LogP contribution is -2.21. The van der Waals surface area contributed by atoms with Gasteiger partial charge in [-0.3, -0.25) is 0 Å². The van der Waals surface area contributed by atoms with Gasteiger partial charge in [0, 0.05) is 5.69 Å². The Balaban J connectivity index is 2.24. The highest BCUT2D eigenvalue weighted by Gasteiger charge is 2.26. The lowest BCUT2D eigenvalue weighted by molar-refractivity contribution is 0.0601. The molecule has 0 spiro atoms. The number of ether oxygens (including phenoxy) is 2. The van der Waals surface area contributed by atoms with Crippen LogP contribution in [0, 0.1) is 6.92 Å². The molecule has 9 nitrogen and oxygen atoms in total. The summed E-state index contributed by atoms with van der Waals surface area (Å²) in [6.45, 7) is 1.61. The minimum absolute atomic E-state index is 0.106. The van der Waals surface area contributed by atoms with Gasteiger partial charge in [0.25, 0.3) is 0 Å². The molecule has 1 aromatic heterocycles. The topological polar surface area (TPSA) is 123 Å². The van der Waals surface area contributed by atoms with Gasteiger partial charge in [0.05, 0.1) is 24.7 Å². The Morgan fingerprint density at radius 3 is 2.14 bits per heavy atom. The molecule has 1 heterocycles. The first-order valence-electron chi connectivity index (χ1n) is 8.06. The molecule has 29 heavy (non-hydrogen) atoms. The summed E-state index contributed by atoms with van der Waals surface area (Å²) in [7, 11) is 0.263. The van der Waals surface area contributed by atoms with Crippen LogP contribution in [0.1, 0.15) is 25.6 Å². The number of methoxy groups -OCH3 is 2. The van der Waals surface area contributed by atoms with Crippen LogP contribution in [0.25, 0.3) is 0 Å². The molecule has 0 bridgehead atoms. The normalized spacial score (nSPS) is 10.9. The molecule has 0 aliphatic heterocycles. The van der Waals surface area contributed by atoms with Crippen LogP contribution in [0.5, 0.6) is 0 Å². The number of rotatable bonds is 6. The summed E-state index contributed by atoms with van der Waals surface area (Å²) in [5.41, 5.74) is 1.12. The molecule has 0 saturated heterocycles. The van der Waals surface area contributed by atoms with E-state index in [-0.39, 0.29) is 20.4 Å². The standard InChI is InChI=1S/C17H19N3O6S3/c1-9-12(15(21)25-3)14(28-13(9)16(22)26-4)20-17(27)19-10-5-7-11(8-6-10)29(23,24)18-2/h5-8,18H,1-4H3,(H2,19,20,27). The van der Waals surface area contributed by atoms with E-state index in [1.807, 2.05) is 0 Å².